The van der Waals surface area contributed by atoms with Crippen molar-refractivity contribution in [3.05, 3.63) is 91.2 Å². The summed E-state index contributed by atoms with van der Waals surface area (Å²) in [6, 6.07) is 16.7. The number of hydrogen-bond donors (Lipinski definition) is 0. The summed E-state index contributed by atoms with van der Waals surface area (Å²) in [7, 11) is 0. The molecule has 0 saturated carbocycles. The summed E-state index contributed by atoms with van der Waals surface area (Å²) in [4.78, 5) is 9.77. The van der Waals surface area contributed by atoms with Gasteiger partial charge in [-0.1, -0.05) is 36.4 Å². The highest BCUT2D eigenvalue weighted by atomic mass is 14.8. The van der Waals surface area contributed by atoms with Gasteiger partial charge < -0.3 is 0 Å². The Morgan fingerprint density at radius 2 is 1.00 bits per heavy atom. The lowest BCUT2D eigenvalue weighted by Gasteiger charge is -2.06. The van der Waals surface area contributed by atoms with Crippen molar-refractivity contribution < 1.29 is 0 Å². The van der Waals surface area contributed by atoms with Crippen molar-refractivity contribution in [2.75, 3.05) is 0 Å². The number of nitrogens with zero attached hydrogens (tertiary/aromatic N) is 2. The zero-order valence-electron chi connectivity index (χ0n) is 12.5. The molecule has 22 heavy (non-hydrogen) atoms. The number of para-hydroxylation sites is 2. The number of rotatable bonds is 0. The van der Waals surface area contributed by atoms with Crippen LogP contribution in [-0.4, -0.2) is 0 Å². The maximum atomic E-state index is 4.88. The average Bonchev–Trinajstić information content (AvgIpc) is 3.12. The van der Waals surface area contributed by atoms with Gasteiger partial charge in [0.05, 0.1) is 22.1 Å². The van der Waals surface area contributed by atoms with Crippen molar-refractivity contribution in [3.63, 3.8) is 0 Å². The zero-order valence-corrected chi connectivity index (χ0v) is 12.5. The van der Waals surface area contributed by atoms with Gasteiger partial charge in [-0.25, -0.2) is 9.98 Å². The van der Waals surface area contributed by atoms with E-state index in [2.05, 4.69) is 50.2 Å². The van der Waals surface area contributed by atoms with Crippen LogP contribution in [0.25, 0.3) is 0 Å². The van der Waals surface area contributed by atoms with E-state index in [-0.39, 0.29) is 0 Å². The second-order valence-corrected chi connectivity index (χ2v) is 5.96. The minimum absolute atomic E-state index is 1.07. The van der Waals surface area contributed by atoms with Crippen LogP contribution in [0.2, 0.25) is 0 Å². The molecule has 5 rings (SSSR count). The van der Waals surface area contributed by atoms with E-state index in [4.69, 9.17) is 9.98 Å². The standard InChI is InChI=1S/C20H14N2/c1-11-17-13-7-3-5-9-15(13)22-20(17)12(2)18-14-8-4-6-10-16(14)21-19(11)18/h3-10H,1-2H3. The Kier molecular flexibility index (Phi) is 2.11. The molecule has 2 heteroatoms. The van der Waals surface area contributed by atoms with E-state index in [1.54, 1.807) is 0 Å². The Hall–Kier alpha value is -2.74. The lowest BCUT2D eigenvalue weighted by Crippen LogP contribution is -1.98. The van der Waals surface area contributed by atoms with Crippen LogP contribution in [-0.2, 0) is 0 Å². The highest BCUT2D eigenvalue weighted by Crippen LogP contribution is 2.35. The van der Waals surface area contributed by atoms with Crippen molar-refractivity contribution >= 4 is 11.4 Å². The molecule has 0 bridgehead atoms. The molecule has 2 aliphatic heterocycles. The second-order valence-electron chi connectivity index (χ2n) is 5.96. The molecule has 0 radical (unpaired) electrons. The molecule has 0 aliphatic carbocycles. The first-order valence-electron chi connectivity index (χ1n) is 7.55. The van der Waals surface area contributed by atoms with Crippen LogP contribution in [0.5, 0.6) is 0 Å². The van der Waals surface area contributed by atoms with Gasteiger partial charge in [0.25, 0.3) is 0 Å². The molecule has 0 aromatic heterocycles. The molecule has 2 heterocycles. The molecule has 0 N–H and O–H groups in total. The fraction of sp³-hybridized carbons (Fsp3) is 0.100. The molecule has 0 fully saturated rings. The molecule has 0 saturated heterocycles. The van der Waals surface area contributed by atoms with Crippen LogP contribution >= 0.6 is 0 Å². The van der Waals surface area contributed by atoms with Crippen molar-refractivity contribution in [1.29, 1.82) is 0 Å². The maximum absolute atomic E-state index is 4.88. The molecule has 0 spiro atoms. The molecule has 0 atom stereocenters. The van der Waals surface area contributed by atoms with Crippen LogP contribution in [0.1, 0.15) is 11.1 Å². The third-order valence-corrected chi connectivity index (χ3v) is 4.75. The summed E-state index contributed by atoms with van der Waals surface area (Å²) in [6.07, 6.45) is 0. The van der Waals surface area contributed by atoms with Gasteiger partial charge in [-0.05, 0) is 37.1 Å². The summed E-state index contributed by atoms with van der Waals surface area (Å²) in [5.74, 6) is 0. The van der Waals surface area contributed by atoms with Gasteiger partial charge in [0.15, 0.2) is 0 Å². The minimum atomic E-state index is 1.07. The Labute approximate surface area is 127 Å². The van der Waals surface area contributed by atoms with Crippen molar-refractivity contribution in [3.8, 4) is 0 Å². The number of hydrogen-bond acceptors (Lipinski definition) is 2. The highest BCUT2D eigenvalue weighted by molar-refractivity contribution is 5.65. The van der Waals surface area contributed by atoms with E-state index in [1.165, 1.54) is 32.0 Å². The van der Waals surface area contributed by atoms with Gasteiger partial charge in [-0.2, -0.15) is 0 Å². The molecule has 2 aliphatic rings. The summed E-state index contributed by atoms with van der Waals surface area (Å²) < 4.78 is 0. The van der Waals surface area contributed by atoms with Crippen LogP contribution in [0.15, 0.2) is 58.5 Å². The lowest BCUT2D eigenvalue weighted by molar-refractivity contribution is 1.26. The van der Waals surface area contributed by atoms with Crippen LogP contribution in [0, 0.1) is 34.7 Å². The number of benzene rings is 3. The summed E-state index contributed by atoms with van der Waals surface area (Å²) in [5.41, 5.74) is 4.70. The molecular formula is C20H14N2. The van der Waals surface area contributed by atoms with Crippen molar-refractivity contribution in [2.45, 2.75) is 13.8 Å². The Morgan fingerprint density at radius 3 is 1.45 bits per heavy atom. The first-order valence-corrected chi connectivity index (χ1v) is 7.55. The fourth-order valence-electron chi connectivity index (χ4n) is 3.71. The van der Waals surface area contributed by atoms with E-state index in [9.17, 15) is 0 Å². The average molecular weight is 282 g/mol. The Bertz CT molecular complexity index is 1180. The normalized spacial score (nSPS) is 12.8. The Balaban J connectivity index is 2.17. The van der Waals surface area contributed by atoms with Crippen molar-refractivity contribution in [2.24, 2.45) is 9.98 Å². The van der Waals surface area contributed by atoms with E-state index in [1.807, 2.05) is 12.1 Å². The maximum Gasteiger partial charge on any atom is 0.0755 e. The third kappa shape index (κ3) is 1.30. The van der Waals surface area contributed by atoms with E-state index < -0.39 is 0 Å². The summed E-state index contributed by atoms with van der Waals surface area (Å²) in [6.45, 7) is 4.34. The van der Waals surface area contributed by atoms with E-state index in [0.717, 1.165) is 22.1 Å². The molecule has 0 unspecified atom stereocenters. The summed E-state index contributed by atoms with van der Waals surface area (Å²) >= 11 is 0. The van der Waals surface area contributed by atoms with E-state index in [0.29, 0.717) is 0 Å². The van der Waals surface area contributed by atoms with Crippen LogP contribution in [0.3, 0.4) is 0 Å². The highest BCUT2D eigenvalue weighted by Gasteiger charge is 2.17. The summed E-state index contributed by atoms with van der Waals surface area (Å²) in [5, 5.41) is 7.10. The third-order valence-electron chi connectivity index (χ3n) is 4.75. The van der Waals surface area contributed by atoms with Gasteiger partial charge in [-0.15, -0.1) is 0 Å². The number of fused-ring (bicyclic) bond motifs is 4. The van der Waals surface area contributed by atoms with Gasteiger partial charge in [0.1, 0.15) is 0 Å². The quantitative estimate of drug-likeness (QED) is 0.416. The van der Waals surface area contributed by atoms with Gasteiger partial charge in [-0.3, -0.25) is 0 Å². The molecular weight excluding hydrogens is 268 g/mol. The monoisotopic (exact) mass is 282 g/mol. The SMILES string of the molecule is Cc1c2c(c(C)c3c1=c1ccccc1=N3)=c1ccccc1=N2. The smallest absolute Gasteiger partial charge is 0.0755 e. The first-order chi connectivity index (χ1) is 10.8. The lowest BCUT2D eigenvalue weighted by atomic mass is 10.0. The molecule has 104 valence electrons. The van der Waals surface area contributed by atoms with Crippen molar-refractivity contribution in [1.82, 2.24) is 0 Å². The minimum Gasteiger partial charge on any atom is -0.247 e. The second kappa shape index (κ2) is 3.92. The first kappa shape index (κ1) is 11.9. The topological polar surface area (TPSA) is 24.7 Å². The van der Waals surface area contributed by atoms with Crippen LogP contribution < -0.4 is 10.7 Å². The fourth-order valence-corrected chi connectivity index (χ4v) is 3.71. The predicted molar refractivity (Wildman–Crippen MR) is 85.8 cm³/mol. The molecule has 3 aromatic carbocycles. The molecule has 2 nitrogen and oxygen atoms in total. The predicted octanol–water partition coefficient (Wildman–Crippen LogP) is 3.41. The van der Waals surface area contributed by atoms with Gasteiger partial charge in [0.2, 0.25) is 0 Å². The molecule has 3 aromatic rings. The molecule has 0 amide bonds. The zero-order chi connectivity index (χ0) is 14.8. The van der Waals surface area contributed by atoms with Gasteiger partial charge >= 0.3 is 0 Å². The Morgan fingerprint density at radius 1 is 0.591 bits per heavy atom. The largest absolute Gasteiger partial charge is 0.247 e. The van der Waals surface area contributed by atoms with Crippen LogP contribution in [0.4, 0.5) is 11.4 Å². The van der Waals surface area contributed by atoms with Gasteiger partial charge in [0, 0.05) is 20.9 Å². The van der Waals surface area contributed by atoms with E-state index >= 15 is 0 Å².